The van der Waals surface area contributed by atoms with Gasteiger partial charge in [0.25, 0.3) is 0 Å². The quantitative estimate of drug-likeness (QED) is 0.729. The lowest BCUT2D eigenvalue weighted by Gasteiger charge is -2.29. The van der Waals surface area contributed by atoms with Crippen molar-refractivity contribution in [3.63, 3.8) is 0 Å². The summed E-state index contributed by atoms with van der Waals surface area (Å²) in [6.07, 6.45) is 1.70. The summed E-state index contributed by atoms with van der Waals surface area (Å²) in [6.45, 7) is 2.33. The first-order valence-electron chi connectivity index (χ1n) is 7.14. The summed E-state index contributed by atoms with van der Waals surface area (Å²) in [5, 5.41) is 0.934. The van der Waals surface area contributed by atoms with Gasteiger partial charge in [0, 0.05) is 41.9 Å². The SMILES string of the molecule is COc1ccnc(N2CCn3c(cc4cc(F)ccc43)C2)n1. The van der Waals surface area contributed by atoms with E-state index in [4.69, 9.17) is 4.74 Å². The van der Waals surface area contributed by atoms with E-state index in [1.165, 1.54) is 6.07 Å². The van der Waals surface area contributed by atoms with Crippen molar-refractivity contribution in [1.29, 1.82) is 0 Å². The van der Waals surface area contributed by atoms with E-state index in [1.807, 2.05) is 12.1 Å². The summed E-state index contributed by atoms with van der Waals surface area (Å²) >= 11 is 0. The van der Waals surface area contributed by atoms with Crippen LogP contribution in [0.1, 0.15) is 5.69 Å². The normalized spacial score (nSPS) is 14.2. The van der Waals surface area contributed by atoms with Crippen molar-refractivity contribution in [2.24, 2.45) is 0 Å². The predicted octanol–water partition coefficient (Wildman–Crippen LogP) is 2.60. The zero-order chi connectivity index (χ0) is 15.1. The van der Waals surface area contributed by atoms with Crippen LogP contribution in [-0.2, 0) is 13.1 Å². The molecular weight excluding hydrogens is 283 g/mol. The molecule has 5 nitrogen and oxygen atoms in total. The Balaban J connectivity index is 1.70. The third-order valence-electron chi connectivity index (χ3n) is 4.00. The Morgan fingerprint density at radius 2 is 2.09 bits per heavy atom. The Labute approximate surface area is 127 Å². The van der Waals surface area contributed by atoms with E-state index in [-0.39, 0.29) is 5.82 Å². The number of methoxy groups -OCH3 is 1. The molecule has 0 saturated carbocycles. The molecule has 112 valence electrons. The summed E-state index contributed by atoms with van der Waals surface area (Å²) in [7, 11) is 1.59. The molecule has 1 aliphatic rings. The first kappa shape index (κ1) is 13.1. The van der Waals surface area contributed by atoms with E-state index >= 15 is 0 Å². The van der Waals surface area contributed by atoms with Crippen molar-refractivity contribution in [2.45, 2.75) is 13.1 Å². The standard InChI is InChI=1S/C16H15FN4O/c1-22-15-4-5-18-16(19-15)20-6-7-21-13(10-20)9-11-8-12(17)2-3-14(11)21/h2-5,8-9H,6-7,10H2,1H3. The number of fused-ring (bicyclic) bond motifs is 3. The third-order valence-corrected chi connectivity index (χ3v) is 4.00. The van der Waals surface area contributed by atoms with Crippen LogP contribution in [0.15, 0.2) is 36.5 Å². The Kier molecular flexibility index (Phi) is 2.96. The van der Waals surface area contributed by atoms with Gasteiger partial charge < -0.3 is 14.2 Å². The first-order chi connectivity index (χ1) is 10.7. The topological polar surface area (TPSA) is 43.2 Å². The number of nitrogens with zero attached hydrogens (tertiary/aromatic N) is 4. The molecular formula is C16H15FN4O. The number of halogens is 1. The number of aromatic nitrogens is 3. The molecule has 0 atom stereocenters. The highest BCUT2D eigenvalue weighted by Gasteiger charge is 2.21. The number of hydrogen-bond acceptors (Lipinski definition) is 4. The molecule has 0 spiro atoms. The summed E-state index contributed by atoms with van der Waals surface area (Å²) in [6, 6.07) is 8.68. The molecule has 0 aliphatic carbocycles. The molecule has 0 radical (unpaired) electrons. The monoisotopic (exact) mass is 298 g/mol. The highest BCUT2D eigenvalue weighted by Crippen LogP contribution is 2.26. The van der Waals surface area contributed by atoms with Crippen molar-refractivity contribution in [2.75, 3.05) is 18.6 Å². The number of anilines is 1. The lowest BCUT2D eigenvalue weighted by atomic mass is 10.2. The zero-order valence-electron chi connectivity index (χ0n) is 12.2. The second-order valence-corrected chi connectivity index (χ2v) is 5.31. The fourth-order valence-electron chi connectivity index (χ4n) is 2.96. The number of ether oxygens (including phenoxy) is 1. The average molecular weight is 298 g/mol. The molecule has 0 amide bonds. The van der Waals surface area contributed by atoms with Crippen molar-refractivity contribution in [3.05, 3.63) is 48.0 Å². The van der Waals surface area contributed by atoms with Gasteiger partial charge in [-0.25, -0.2) is 9.37 Å². The van der Waals surface area contributed by atoms with Crippen LogP contribution in [0.3, 0.4) is 0 Å². The Hall–Kier alpha value is -2.63. The van der Waals surface area contributed by atoms with Gasteiger partial charge in [-0.15, -0.1) is 0 Å². The smallest absolute Gasteiger partial charge is 0.229 e. The molecule has 0 N–H and O–H groups in total. The van der Waals surface area contributed by atoms with Crippen LogP contribution >= 0.6 is 0 Å². The molecule has 0 fully saturated rings. The van der Waals surface area contributed by atoms with Gasteiger partial charge in [-0.2, -0.15) is 4.98 Å². The maximum absolute atomic E-state index is 13.4. The van der Waals surface area contributed by atoms with Gasteiger partial charge in [0.2, 0.25) is 11.8 Å². The number of rotatable bonds is 2. The number of hydrogen-bond donors (Lipinski definition) is 0. The minimum atomic E-state index is -0.205. The van der Waals surface area contributed by atoms with Crippen LogP contribution in [0.2, 0.25) is 0 Å². The van der Waals surface area contributed by atoms with Gasteiger partial charge in [-0.3, -0.25) is 0 Å². The zero-order valence-corrected chi connectivity index (χ0v) is 12.2. The van der Waals surface area contributed by atoms with Gasteiger partial charge in [0.05, 0.1) is 13.7 Å². The molecule has 6 heteroatoms. The summed E-state index contributed by atoms with van der Waals surface area (Å²) in [5.74, 6) is 1.00. The van der Waals surface area contributed by atoms with Crippen molar-refractivity contribution in [3.8, 4) is 5.88 Å². The maximum Gasteiger partial charge on any atom is 0.229 e. The van der Waals surface area contributed by atoms with Gasteiger partial charge in [0.1, 0.15) is 5.82 Å². The van der Waals surface area contributed by atoms with Crippen LogP contribution < -0.4 is 9.64 Å². The predicted molar refractivity (Wildman–Crippen MR) is 81.5 cm³/mol. The molecule has 0 unspecified atom stereocenters. The van der Waals surface area contributed by atoms with E-state index in [1.54, 1.807) is 25.4 Å². The average Bonchev–Trinajstić information content (AvgIpc) is 2.91. The van der Waals surface area contributed by atoms with Crippen molar-refractivity contribution >= 4 is 16.9 Å². The molecule has 0 bridgehead atoms. The van der Waals surface area contributed by atoms with Gasteiger partial charge in [-0.1, -0.05) is 0 Å². The Bertz CT molecular complexity index is 845. The minimum absolute atomic E-state index is 0.205. The summed E-state index contributed by atoms with van der Waals surface area (Å²) in [4.78, 5) is 10.8. The van der Waals surface area contributed by atoms with E-state index in [0.29, 0.717) is 18.4 Å². The third kappa shape index (κ3) is 2.07. The molecule has 0 saturated heterocycles. The summed E-state index contributed by atoms with van der Waals surface area (Å²) < 4.78 is 20.8. The number of benzene rings is 1. The second-order valence-electron chi connectivity index (χ2n) is 5.31. The van der Waals surface area contributed by atoms with Crippen LogP contribution in [0.4, 0.5) is 10.3 Å². The molecule has 3 heterocycles. The van der Waals surface area contributed by atoms with E-state index in [2.05, 4.69) is 19.4 Å². The van der Waals surface area contributed by atoms with E-state index in [0.717, 1.165) is 29.7 Å². The highest BCUT2D eigenvalue weighted by atomic mass is 19.1. The van der Waals surface area contributed by atoms with Gasteiger partial charge in [-0.05, 0) is 24.3 Å². The van der Waals surface area contributed by atoms with E-state index in [9.17, 15) is 4.39 Å². The van der Waals surface area contributed by atoms with E-state index < -0.39 is 0 Å². The fourth-order valence-corrected chi connectivity index (χ4v) is 2.96. The van der Waals surface area contributed by atoms with Crippen LogP contribution in [-0.4, -0.2) is 28.2 Å². The largest absolute Gasteiger partial charge is 0.481 e. The molecule has 1 aliphatic heterocycles. The second kappa shape index (κ2) is 4.98. The molecule has 3 aromatic rings. The van der Waals surface area contributed by atoms with Gasteiger partial charge >= 0.3 is 0 Å². The van der Waals surface area contributed by atoms with Crippen LogP contribution in [0.5, 0.6) is 5.88 Å². The Morgan fingerprint density at radius 3 is 2.95 bits per heavy atom. The lowest BCUT2D eigenvalue weighted by molar-refractivity contribution is 0.396. The fraction of sp³-hybridized carbons (Fsp3) is 0.250. The lowest BCUT2D eigenvalue weighted by Crippen LogP contribution is -2.34. The van der Waals surface area contributed by atoms with Gasteiger partial charge in [0.15, 0.2) is 0 Å². The molecule has 4 rings (SSSR count). The Morgan fingerprint density at radius 1 is 1.18 bits per heavy atom. The molecule has 1 aromatic carbocycles. The van der Waals surface area contributed by atoms with Crippen molar-refractivity contribution < 1.29 is 9.13 Å². The minimum Gasteiger partial charge on any atom is -0.481 e. The molecule has 22 heavy (non-hydrogen) atoms. The van der Waals surface area contributed by atoms with Crippen LogP contribution in [0, 0.1) is 5.82 Å². The van der Waals surface area contributed by atoms with Crippen molar-refractivity contribution in [1.82, 2.24) is 14.5 Å². The highest BCUT2D eigenvalue weighted by molar-refractivity contribution is 5.81. The maximum atomic E-state index is 13.4. The van der Waals surface area contributed by atoms with Crippen LogP contribution in [0.25, 0.3) is 10.9 Å². The molecule has 2 aromatic heterocycles. The summed E-state index contributed by atoms with van der Waals surface area (Å²) in [5.41, 5.74) is 2.21. The first-order valence-corrected chi connectivity index (χ1v) is 7.14.